The molecule has 1 atom stereocenters. The highest BCUT2D eigenvalue weighted by Gasteiger charge is 2.23. The molecule has 0 saturated carbocycles. The van der Waals surface area contributed by atoms with Crippen LogP contribution in [-0.2, 0) is 6.42 Å². The summed E-state index contributed by atoms with van der Waals surface area (Å²) in [5.41, 5.74) is 7.82. The van der Waals surface area contributed by atoms with Crippen LogP contribution in [0.3, 0.4) is 0 Å². The summed E-state index contributed by atoms with van der Waals surface area (Å²) in [5.74, 6) is 0. The Morgan fingerprint density at radius 3 is 3.07 bits per heavy atom. The molecule has 0 aromatic heterocycles. The van der Waals surface area contributed by atoms with Gasteiger partial charge in [0.15, 0.2) is 0 Å². The predicted molar refractivity (Wildman–Crippen MR) is 61.4 cm³/mol. The second kappa shape index (κ2) is 4.64. The molecule has 1 aromatic rings. The minimum atomic E-state index is 0.174. The van der Waals surface area contributed by atoms with Crippen molar-refractivity contribution in [2.45, 2.75) is 25.3 Å². The fourth-order valence-electron chi connectivity index (χ4n) is 2.30. The molecule has 1 saturated heterocycles. The van der Waals surface area contributed by atoms with E-state index >= 15 is 0 Å². The molecule has 0 unspecified atom stereocenters. The molecular weight excluding hydrogens is 188 g/mol. The third kappa shape index (κ3) is 2.49. The fourth-order valence-corrected chi connectivity index (χ4v) is 2.30. The summed E-state index contributed by atoms with van der Waals surface area (Å²) < 4.78 is 0. The zero-order chi connectivity index (χ0) is 10.7. The average Bonchev–Trinajstić information content (AvgIpc) is 2.65. The summed E-state index contributed by atoms with van der Waals surface area (Å²) >= 11 is 0. The molecule has 82 valence electrons. The first-order valence-corrected chi connectivity index (χ1v) is 5.49. The van der Waals surface area contributed by atoms with Crippen LogP contribution in [0.4, 0.5) is 5.69 Å². The van der Waals surface area contributed by atoms with Crippen molar-refractivity contribution in [3.8, 4) is 0 Å². The van der Waals surface area contributed by atoms with E-state index in [9.17, 15) is 5.11 Å². The lowest BCUT2D eigenvalue weighted by atomic mass is 10.0. The zero-order valence-corrected chi connectivity index (χ0v) is 8.89. The average molecular weight is 206 g/mol. The molecular formula is C12H18N2O. The van der Waals surface area contributed by atoms with Crippen molar-refractivity contribution in [2.24, 2.45) is 0 Å². The smallest absolute Gasteiger partial charge is 0.0959 e. The van der Waals surface area contributed by atoms with Crippen LogP contribution in [0.15, 0.2) is 24.3 Å². The molecule has 1 aliphatic heterocycles. The summed E-state index contributed by atoms with van der Waals surface area (Å²) in [6.45, 7) is 1.19. The Kier molecular flexibility index (Phi) is 3.23. The van der Waals surface area contributed by atoms with Crippen molar-refractivity contribution < 1.29 is 5.11 Å². The molecule has 1 aromatic carbocycles. The van der Waals surface area contributed by atoms with E-state index in [1.54, 1.807) is 0 Å². The van der Waals surface area contributed by atoms with Crippen LogP contribution in [-0.4, -0.2) is 29.3 Å². The van der Waals surface area contributed by atoms with Gasteiger partial charge in [-0.25, -0.2) is 0 Å². The molecule has 0 spiro atoms. The maximum absolute atomic E-state index is 9.17. The molecule has 0 radical (unpaired) electrons. The van der Waals surface area contributed by atoms with Gasteiger partial charge in [0, 0.05) is 18.3 Å². The number of nitrogens with zero attached hydrogens (tertiary/aromatic N) is 1. The van der Waals surface area contributed by atoms with Crippen molar-refractivity contribution in [3.63, 3.8) is 0 Å². The van der Waals surface area contributed by atoms with E-state index in [-0.39, 0.29) is 6.73 Å². The first-order valence-electron chi connectivity index (χ1n) is 5.49. The van der Waals surface area contributed by atoms with Crippen LogP contribution in [0.1, 0.15) is 18.4 Å². The topological polar surface area (TPSA) is 49.5 Å². The summed E-state index contributed by atoms with van der Waals surface area (Å²) in [5, 5.41) is 9.17. The van der Waals surface area contributed by atoms with Gasteiger partial charge >= 0.3 is 0 Å². The van der Waals surface area contributed by atoms with Crippen molar-refractivity contribution >= 4 is 5.69 Å². The fraction of sp³-hybridized carbons (Fsp3) is 0.500. The molecule has 0 amide bonds. The number of rotatable bonds is 3. The van der Waals surface area contributed by atoms with E-state index in [1.165, 1.54) is 18.4 Å². The monoisotopic (exact) mass is 206 g/mol. The minimum Gasteiger partial charge on any atom is -0.399 e. The Balaban J connectivity index is 2.02. The van der Waals surface area contributed by atoms with Crippen LogP contribution < -0.4 is 5.73 Å². The van der Waals surface area contributed by atoms with Crippen molar-refractivity contribution in [3.05, 3.63) is 29.8 Å². The highest BCUT2D eigenvalue weighted by atomic mass is 16.3. The summed E-state index contributed by atoms with van der Waals surface area (Å²) in [6.07, 6.45) is 3.36. The van der Waals surface area contributed by atoms with E-state index < -0.39 is 0 Å². The van der Waals surface area contributed by atoms with E-state index in [1.807, 2.05) is 18.2 Å². The zero-order valence-electron chi connectivity index (χ0n) is 8.89. The van der Waals surface area contributed by atoms with Crippen LogP contribution in [0.25, 0.3) is 0 Å². The normalized spacial score (nSPS) is 22.1. The number of nitrogens with two attached hydrogens (primary N) is 1. The molecule has 0 aliphatic carbocycles. The molecule has 15 heavy (non-hydrogen) atoms. The summed E-state index contributed by atoms with van der Waals surface area (Å²) in [6, 6.07) is 8.50. The summed E-state index contributed by atoms with van der Waals surface area (Å²) in [4.78, 5) is 2.13. The molecule has 1 heterocycles. The third-order valence-corrected chi connectivity index (χ3v) is 3.10. The van der Waals surface area contributed by atoms with Crippen LogP contribution in [0.5, 0.6) is 0 Å². The SMILES string of the molecule is Nc1cccc(C[C@H]2CCCN2CO)c1. The van der Waals surface area contributed by atoms with Gasteiger partial charge in [0.2, 0.25) is 0 Å². The molecule has 2 rings (SSSR count). The maximum Gasteiger partial charge on any atom is 0.0959 e. The second-order valence-electron chi connectivity index (χ2n) is 4.20. The largest absolute Gasteiger partial charge is 0.399 e. The third-order valence-electron chi connectivity index (χ3n) is 3.10. The first-order chi connectivity index (χ1) is 7.29. The minimum absolute atomic E-state index is 0.174. The van der Waals surface area contributed by atoms with Crippen molar-refractivity contribution in [2.75, 3.05) is 19.0 Å². The van der Waals surface area contributed by atoms with Gasteiger partial charge in [-0.05, 0) is 37.0 Å². The van der Waals surface area contributed by atoms with E-state index in [0.717, 1.165) is 18.7 Å². The van der Waals surface area contributed by atoms with Gasteiger partial charge in [-0.15, -0.1) is 0 Å². The highest BCUT2D eigenvalue weighted by Crippen LogP contribution is 2.21. The number of aliphatic hydroxyl groups is 1. The number of hydrogen-bond donors (Lipinski definition) is 2. The number of nitrogen functional groups attached to an aromatic ring is 1. The number of aliphatic hydroxyl groups excluding tert-OH is 1. The van der Waals surface area contributed by atoms with E-state index in [2.05, 4.69) is 11.0 Å². The molecule has 3 nitrogen and oxygen atoms in total. The van der Waals surface area contributed by atoms with Crippen LogP contribution >= 0.6 is 0 Å². The highest BCUT2D eigenvalue weighted by molar-refractivity contribution is 5.40. The van der Waals surface area contributed by atoms with Gasteiger partial charge in [-0.3, -0.25) is 4.90 Å². The lowest BCUT2D eigenvalue weighted by molar-refractivity contribution is 0.0963. The van der Waals surface area contributed by atoms with E-state index in [0.29, 0.717) is 6.04 Å². The molecule has 1 aliphatic rings. The van der Waals surface area contributed by atoms with Crippen molar-refractivity contribution in [1.82, 2.24) is 4.90 Å². The van der Waals surface area contributed by atoms with E-state index in [4.69, 9.17) is 5.73 Å². The lowest BCUT2D eigenvalue weighted by Crippen LogP contribution is -2.31. The number of hydrogen-bond acceptors (Lipinski definition) is 3. The van der Waals surface area contributed by atoms with Gasteiger partial charge in [0.1, 0.15) is 0 Å². The van der Waals surface area contributed by atoms with Gasteiger partial charge in [0.25, 0.3) is 0 Å². The molecule has 3 heteroatoms. The van der Waals surface area contributed by atoms with Gasteiger partial charge in [0.05, 0.1) is 6.73 Å². The maximum atomic E-state index is 9.17. The summed E-state index contributed by atoms with van der Waals surface area (Å²) in [7, 11) is 0. The Hall–Kier alpha value is -1.06. The van der Waals surface area contributed by atoms with Crippen molar-refractivity contribution in [1.29, 1.82) is 0 Å². The molecule has 0 bridgehead atoms. The second-order valence-corrected chi connectivity index (χ2v) is 4.20. The van der Waals surface area contributed by atoms with Crippen LogP contribution in [0, 0.1) is 0 Å². The Morgan fingerprint density at radius 1 is 1.47 bits per heavy atom. The quantitative estimate of drug-likeness (QED) is 0.731. The van der Waals surface area contributed by atoms with Gasteiger partial charge < -0.3 is 10.8 Å². The number of benzene rings is 1. The number of likely N-dealkylation sites (tertiary alicyclic amines) is 1. The molecule has 1 fully saturated rings. The van der Waals surface area contributed by atoms with Gasteiger partial charge in [-0.2, -0.15) is 0 Å². The lowest BCUT2D eigenvalue weighted by Gasteiger charge is -2.21. The Morgan fingerprint density at radius 2 is 2.33 bits per heavy atom. The van der Waals surface area contributed by atoms with Crippen LogP contribution in [0.2, 0.25) is 0 Å². The number of anilines is 1. The standard InChI is InChI=1S/C12H18N2O/c13-11-4-1-3-10(7-11)8-12-5-2-6-14(12)9-15/h1,3-4,7,12,15H,2,5-6,8-9,13H2/t12-/m1/s1. The first kappa shape index (κ1) is 10.5. The Labute approximate surface area is 90.5 Å². The predicted octanol–water partition coefficient (Wildman–Crippen LogP) is 1.23. The molecule has 3 N–H and O–H groups in total. The Bertz CT molecular complexity index is 327. The van der Waals surface area contributed by atoms with Gasteiger partial charge in [-0.1, -0.05) is 12.1 Å².